The van der Waals surface area contributed by atoms with Gasteiger partial charge in [0, 0.05) is 4.47 Å². The minimum Gasteiger partial charge on any atom is -0.409 e. The van der Waals surface area contributed by atoms with Crippen LogP contribution in [0.2, 0.25) is 0 Å². The van der Waals surface area contributed by atoms with E-state index in [9.17, 15) is 13.6 Å². The normalized spacial score (nSPS) is 13.1. The molecule has 0 fully saturated rings. The van der Waals surface area contributed by atoms with Gasteiger partial charge < -0.3 is 16.3 Å². The first-order valence-corrected chi connectivity index (χ1v) is 6.62. The van der Waals surface area contributed by atoms with Gasteiger partial charge in [0.2, 0.25) is 5.91 Å². The minimum absolute atomic E-state index is 0.215. The van der Waals surface area contributed by atoms with Gasteiger partial charge in [0.05, 0.1) is 5.92 Å². The maximum Gasteiger partial charge on any atom is 0.235 e. The first-order valence-electron chi connectivity index (χ1n) is 5.83. The first kappa shape index (κ1) is 16.4. The standard InChI is InChI=1S/C12H14BrF2N3O2/c1-2-3-7(11(16)18-20)12(19)17-10-8(14)4-6(13)5-9(10)15/h4-5,7,20H,2-3H2,1H3,(H2,16,18)(H,17,19). The summed E-state index contributed by atoms with van der Waals surface area (Å²) in [5, 5.41) is 13.5. The fourth-order valence-corrected chi connectivity index (χ4v) is 2.05. The summed E-state index contributed by atoms with van der Waals surface area (Å²) in [5.41, 5.74) is 4.84. The second kappa shape index (κ2) is 7.18. The molecule has 1 atom stereocenters. The van der Waals surface area contributed by atoms with Gasteiger partial charge in [0.1, 0.15) is 5.69 Å². The van der Waals surface area contributed by atoms with Crippen molar-refractivity contribution in [2.75, 3.05) is 5.32 Å². The molecule has 0 radical (unpaired) electrons. The van der Waals surface area contributed by atoms with Crippen molar-refractivity contribution in [3.05, 3.63) is 28.2 Å². The SMILES string of the molecule is CCCC(C(=O)Nc1c(F)cc(Br)cc1F)C(N)=NO. The summed E-state index contributed by atoms with van der Waals surface area (Å²) in [7, 11) is 0. The van der Waals surface area contributed by atoms with E-state index in [2.05, 4.69) is 26.4 Å². The Balaban J connectivity index is 3.00. The number of halogens is 3. The highest BCUT2D eigenvalue weighted by Gasteiger charge is 2.24. The summed E-state index contributed by atoms with van der Waals surface area (Å²) in [6, 6.07) is 2.05. The second-order valence-electron chi connectivity index (χ2n) is 4.10. The van der Waals surface area contributed by atoms with Gasteiger partial charge >= 0.3 is 0 Å². The summed E-state index contributed by atoms with van der Waals surface area (Å²) in [6.07, 6.45) is 0.876. The third-order valence-electron chi connectivity index (χ3n) is 2.62. The largest absolute Gasteiger partial charge is 0.409 e. The fraction of sp³-hybridized carbons (Fsp3) is 0.333. The van der Waals surface area contributed by atoms with Gasteiger partial charge in [0.25, 0.3) is 0 Å². The zero-order valence-corrected chi connectivity index (χ0v) is 12.2. The topological polar surface area (TPSA) is 87.7 Å². The summed E-state index contributed by atoms with van der Waals surface area (Å²) < 4.78 is 27.4. The fourth-order valence-electron chi connectivity index (χ4n) is 1.64. The van der Waals surface area contributed by atoms with E-state index < -0.39 is 29.1 Å². The molecule has 0 aromatic heterocycles. The van der Waals surface area contributed by atoms with E-state index in [1.807, 2.05) is 0 Å². The Kier molecular flexibility index (Phi) is 5.87. The van der Waals surface area contributed by atoms with Gasteiger partial charge in [-0.3, -0.25) is 4.79 Å². The summed E-state index contributed by atoms with van der Waals surface area (Å²) >= 11 is 2.94. The second-order valence-corrected chi connectivity index (χ2v) is 5.02. The molecule has 0 aliphatic rings. The number of anilines is 1. The van der Waals surface area contributed by atoms with Crippen molar-refractivity contribution >= 4 is 33.4 Å². The molecule has 1 aromatic carbocycles. The Morgan fingerprint density at radius 3 is 2.50 bits per heavy atom. The van der Waals surface area contributed by atoms with Crippen LogP contribution in [0.1, 0.15) is 19.8 Å². The number of hydrogen-bond acceptors (Lipinski definition) is 3. The van der Waals surface area contributed by atoms with E-state index >= 15 is 0 Å². The van der Waals surface area contributed by atoms with Gasteiger partial charge in [0.15, 0.2) is 17.5 Å². The van der Waals surface area contributed by atoms with Crippen molar-refractivity contribution in [1.82, 2.24) is 0 Å². The van der Waals surface area contributed by atoms with E-state index in [0.717, 1.165) is 12.1 Å². The van der Waals surface area contributed by atoms with Crippen molar-refractivity contribution in [1.29, 1.82) is 0 Å². The number of hydrogen-bond donors (Lipinski definition) is 3. The van der Waals surface area contributed by atoms with Crippen LogP contribution in [-0.2, 0) is 4.79 Å². The van der Waals surface area contributed by atoms with E-state index in [1.165, 1.54) is 0 Å². The number of oxime groups is 1. The maximum absolute atomic E-state index is 13.6. The average Bonchev–Trinajstić information content (AvgIpc) is 2.39. The Morgan fingerprint density at radius 2 is 2.05 bits per heavy atom. The van der Waals surface area contributed by atoms with Crippen molar-refractivity contribution in [2.45, 2.75) is 19.8 Å². The molecule has 0 aliphatic carbocycles. The quantitative estimate of drug-likeness (QED) is 0.330. The summed E-state index contributed by atoms with van der Waals surface area (Å²) in [6.45, 7) is 1.80. The van der Waals surface area contributed by atoms with E-state index in [0.29, 0.717) is 12.8 Å². The highest BCUT2D eigenvalue weighted by molar-refractivity contribution is 9.10. The van der Waals surface area contributed by atoms with E-state index in [4.69, 9.17) is 10.9 Å². The van der Waals surface area contributed by atoms with E-state index in [-0.39, 0.29) is 10.3 Å². The number of amidine groups is 1. The minimum atomic E-state index is -0.951. The highest BCUT2D eigenvalue weighted by atomic mass is 79.9. The van der Waals surface area contributed by atoms with Crippen LogP contribution in [0.3, 0.4) is 0 Å². The van der Waals surface area contributed by atoms with Crippen LogP contribution < -0.4 is 11.1 Å². The number of benzene rings is 1. The highest BCUT2D eigenvalue weighted by Crippen LogP contribution is 2.24. The number of nitrogens with zero attached hydrogens (tertiary/aromatic N) is 1. The monoisotopic (exact) mass is 349 g/mol. The molecule has 8 heteroatoms. The van der Waals surface area contributed by atoms with Gasteiger partial charge in [-0.25, -0.2) is 8.78 Å². The van der Waals surface area contributed by atoms with Crippen molar-refractivity contribution in [3.8, 4) is 0 Å². The predicted molar refractivity (Wildman–Crippen MR) is 74.5 cm³/mol. The number of carbonyl (C=O) groups excluding carboxylic acids is 1. The predicted octanol–water partition coefficient (Wildman–Crippen LogP) is 2.83. The summed E-state index contributed by atoms with van der Waals surface area (Å²) in [4.78, 5) is 12.0. The Morgan fingerprint density at radius 1 is 1.50 bits per heavy atom. The first-order chi connectivity index (χ1) is 9.40. The molecule has 0 spiro atoms. The lowest BCUT2D eigenvalue weighted by Gasteiger charge is -2.15. The van der Waals surface area contributed by atoms with Crippen LogP contribution in [0.5, 0.6) is 0 Å². The Labute approximate surface area is 123 Å². The number of carbonyl (C=O) groups is 1. The molecule has 1 rings (SSSR count). The molecule has 20 heavy (non-hydrogen) atoms. The van der Waals surface area contributed by atoms with Crippen LogP contribution in [0, 0.1) is 17.6 Å². The van der Waals surface area contributed by atoms with Crippen LogP contribution in [0.4, 0.5) is 14.5 Å². The van der Waals surface area contributed by atoms with Crippen LogP contribution in [0.25, 0.3) is 0 Å². The van der Waals surface area contributed by atoms with Crippen molar-refractivity contribution in [2.24, 2.45) is 16.8 Å². The van der Waals surface area contributed by atoms with Crippen molar-refractivity contribution < 1.29 is 18.8 Å². The zero-order valence-electron chi connectivity index (χ0n) is 10.7. The van der Waals surface area contributed by atoms with Crippen LogP contribution in [-0.4, -0.2) is 17.0 Å². The number of rotatable bonds is 5. The molecule has 5 nitrogen and oxygen atoms in total. The third-order valence-corrected chi connectivity index (χ3v) is 3.08. The zero-order chi connectivity index (χ0) is 15.3. The molecule has 1 aromatic rings. The lowest BCUT2D eigenvalue weighted by molar-refractivity contribution is -0.118. The third kappa shape index (κ3) is 3.89. The van der Waals surface area contributed by atoms with Gasteiger partial charge in [-0.1, -0.05) is 34.4 Å². The van der Waals surface area contributed by atoms with E-state index in [1.54, 1.807) is 6.92 Å². The number of amides is 1. The van der Waals surface area contributed by atoms with Crippen molar-refractivity contribution in [3.63, 3.8) is 0 Å². The van der Waals surface area contributed by atoms with Gasteiger partial charge in [-0.15, -0.1) is 0 Å². The Bertz CT molecular complexity index is 514. The molecule has 4 N–H and O–H groups in total. The molecular formula is C12H14BrF2N3O2. The smallest absolute Gasteiger partial charge is 0.235 e. The molecule has 1 amide bonds. The van der Waals surface area contributed by atoms with Gasteiger partial charge in [-0.2, -0.15) is 0 Å². The van der Waals surface area contributed by atoms with Crippen LogP contribution in [0.15, 0.2) is 21.8 Å². The maximum atomic E-state index is 13.6. The molecule has 0 bridgehead atoms. The Hall–Kier alpha value is -1.70. The molecule has 1 unspecified atom stereocenters. The number of nitrogens with two attached hydrogens (primary N) is 1. The lowest BCUT2D eigenvalue weighted by Crippen LogP contribution is -2.35. The van der Waals surface area contributed by atoms with Crippen LogP contribution >= 0.6 is 15.9 Å². The van der Waals surface area contributed by atoms with Gasteiger partial charge in [-0.05, 0) is 18.6 Å². The molecule has 0 heterocycles. The number of nitrogens with one attached hydrogen (secondary N) is 1. The molecule has 110 valence electrons. The molecule has 0 saturated carbocycles. The average molecular weight is 350 g/mol. The molecular weight excluding hydrogens is 336 g/mol. The summed E-state index contributed by atoms with van der Waals surface area (Å²) in [5.74, 6) is -3.82. The lowest BCUT2D eigenvalue weighted by atomic mass is 10.0. The molecule has 0 saturated heterocycles. The molecule has 0 aliphatic heterocycles.